The lowest BCUT2D eigenvalue weighted by molar-refractivity contribution is 0.391. The van der Waals surface area contributed by atoms with Crippen LogP contribution in [0, 0.1) is 4.91 Å². The lowest BCUT2D eigenvalue weighted by Gasteiger charge is -2.28. The quantitative estimate of drug-likeness (QED) is 0.305. The van der Waals surface area contributed by atoms with E-state index < -0.39 is 0 Å². The van der Waals surface area contributed by atoms with Crippen molar-refractivity contribution in [2.45, 2.75) is 53.9 Å². The van der Waals surface area contributed by atoms with Gasteiger partial charge in [-0.1, -0.05) is 36.3 Å². The highest BCUT2D eigenvalue weighted by Gasteiger charge is 2.30. The fraction of sp³-hybridized carbons (Fsp3) is 0.333. The van der Waals surface area contributed by atoms with E-state index in [0.717, 1.165) is 34.3 Å². The van der Waals surface area contributed by atoms with Crippen LogP contribution in [0.5, 0.6) is 23.0 Å². The van der Waals surface area contributed by atoms with Gasteiger partial charge in [-0.3, -0.25) is 0 Å². The summed E-state index contributed by atoms with van der Waals surface area (Å²) in [5.74, 6) is 1.79. The van der Waals surface area contributed by atoms with Crippen molar-refractivity contribution in [1.82, 2.24) is 0 Å². The first-order valence-corrected chi connectivity index (χ1v) is 10.9. The molecule has 0 bridgehead atoms. The van der Waals surface area contributed by atoms with Crippen LogP contribution in [-0.2, 0) is 12.8 Å². The molecule has 0 atom stereocenters. The third kappa shape index (κ3) is 4.62. The first-order chi connectivity index (χ1) is 15.3. The number of hydrogen-bond donors (Lipinski definition) is 1. The average Bonchev–Trinajstić information content (AvgIpc) is 2.75. The smallest absolute Gasteiger partial charge is 0.142 e. The van der Waals surface area contributed by atoms with Crippen LogP contribution in [0.25, 0.3) is 5.57 Å². The highest BCUT2D eigenvalue weighted by Crippen LogP contribution is 2.53. The average molecular weight is 434 g/mol. The Morgan fingerprint density at radius 3 is 2.28 bits per heavy atom. The standard InChI is InChI=1S/C27H31NO4/c1-7-8-21-25-18(11-9-16(2)3)13-19(28-30)14-23(25)32-24-15-22(31-6)20(12-10-17(4)5)27(29)26(21)24/h8-10,13-15,29H,7,11-12H2,1-6H3/b21-8+. The van der Waals surface area contributed by atoms with Crippen molar-refractivity contribution >= 4 is 11.3 Å². The molecule has 2 aromatic rings. The van der Waals surface area contributed by atoms with Crippen LogP contribution < -0.4 is 9.47 Å². The Morgan fingerprint density at radius 1 is 1.03 bits per heavy atom. The third-order valence-electron chi connectivity index (χ3n) is 5.43. The Bertz CT molecular complexity index is 1130. The van der Waals surface area contributed by atoms with Crippen LogP contribution in [0.3, 0.4) is 0 Å². The minimum absolute atomic E-state index is 0.160. The van der Waals surface area contributed by atoms with Crippen molar-refractivity contribution in [3.8, 4) is 23.0 Å². The van der Waals surface area contributed by atoms with Gasteiger partial charge >= 0.3 is 0 Å². The molecule has 0 spiro atoms. The van der Waals surface area contributed by atoms with Gasteiger partial charge in [0, 0.05) is 23.3 Å². The molecule has 0 unspecified atom stereocenters. The van der Waals surface area contributed by atoms with E-state index in [1.807, 2.05) is 33.8 Å². The highest BCUT2D eigenvalue weighted by atomic mass is 16.5. The number of nitroso groups, excluding NO2 is 1. The first kappa shape index (κ1) is 23.3. The molecule has 0 amide bonds. The maximum absolute atomic E-state index is 11.4. The number of phenols is 1. The Hall–Kier alpha value is -3.34. The number of fused-ring (bicyclic) bond motifs is 2. The maximum Gasteiger partial charge on any atom is 0.142 e. The molecular formula is C27H31NO4. The Balaban J connectivity index is 2.30. The van der Waals surface area contributed by atoms with Gasteiger partial charge in [0.05, 0.1) is 12.7 Å². The minimum atomic E-state index is 0.160. The molecule has 1 aliphatic rings. The molecule has 3 rings (SSSR count). The molecule has 0 saturated heterocycles. The summed E-state index contributed by atoms with van der Waals surface area (Å²) < 4.78 is 11.8. The van der Waals surface area contributed by atoms with E-state index in [-0.39, 0.29) is 5.75 Å². The summed E-state index contributed by atoms with van der Waals surface area (Å²) in [5, 5.41) is 14.5. The molecule has 0 aromatic heterocycles. The van der Waals surface area contributed by atoms with Crippen LogP contribution in [-0.4, -0.2) is 12.2 Å². The van der Waals surface area contributed by atoms with Gasteiger partial charge in [-0.15, -0.1) is 4.91 Å². The van der Waals surface area contributed by atoms with Gasteiger partial charge in [0.2, 0.25) is 0 Å². The highest BCUT2D eigenvalue weighted by molar-refractivity contribution is 5.93. The molecule has 0 fully saturated rings. The monoisotopic (exact) mass is 433 g/mol. The van der Waals surface area contributed by atoms with Crippen molar-refractivity contribution in [2.24, 2.45) is 5.18 Å². The number of rotatable bonds is 7. The predicted octanol–water partition coefficient (Wildman–Crippen LogP) is 7.76. The molecule has 1 heterocycles. The van der Waals surface area contributed by atoms with Gasteiger partial charge in [-0.25, -0.2) is 0 Å². The van der Waals surface area contributed by atoms with E-state index in [4.69, 9.17) is 9.47 Å². The van der Waals surface area contributed by atoms with Gasteiger partial charge in [-0.2, -0.15) is 0 Å². The second-order valence-corrected chi connectivity index (χ2v) is 8.45. The summed E-state index contributed by atoms with van der Waals surface area (Å²) in [6, 6.07) is 5.27. The molecule has 0 aliphatic carbocycles. The van der Waals surface area contributed by atoms with Crippen LogP contribution in [0.4, 0.5) is 5.69 Å². The number of aromatic hydroxyl groups is 1. The lowest BCUT2D eigenvalue weighted by Crippen LogP contribution is -2.08. The largest absolute Gasteiger partial charge is 0.507 e. The molecule has 0 radical (unpaired) electrons. The number of ether oxygens (including phenoxy) is 2. The number of allylic oxidation sites excluding steroid dienone is 5. The fourth-order valence-corrected chi connectivity index (χ4v) is 3.91. The molecule has 2 aromatic carbocycles. The summed E-state index contributed by atoms with van der Waals surface area (Å²) in [7, 11) is 1.58. The van der Waals surface area contributed by atoms with E-state index >= 15 is 0 Å². The summed E-state index contributed by atoms with van der Waals surface area (Å²) in [6.07, 6.45) is 8.23. The van der Waals surface area contributed by atoms with Gasteiger partial charge in [0.15, 0.2) is 0 Å². The van der Waals surface area contributed by atoms with Crippen LogP contribution in [0.15, 0.2) is 52.8 Å². The second-order valence-electron chi connectivity index (χ2n) is 8.45. The number of benzene rings is 2. The topological polar surface area (TPSA) is 68.1 Å². The molecule has 1 aliphatic heterocycles. The molecular weight excluding hydrogens is 402 g/mol. The van der Waals surface area contributed by atoms with Crippen molar-refractivity contribution in [3.63, 3.8) is 0 Å². The molecule has 5 nitrogen and oxygen atoms in total. The van der Waals surface area contributed by atoms with E-state index in [0.29, 0.717) is 41.3 Å². The zero-order valence-electron chi connectivity index (χ0n) is 19.7. The SMILES string of the molecule is CC/C=C1\c2c(CC=C(C)C)cc(N=O)cc2Oc2cc(OC)c(CC=C(C)C)c(O)c21. The zero-order chi connectivity index (χ0) is 23.4. The summed E-state index contributed by atoms with van der Waals surface area (Å²) in [6.45, 7) is 10.2. The lowest BCUT2D eigenvalue weighted by atomic mass is 9.86. The molecule has 5 heteroatoms. The van der Waals surface area contributed by atoms with E-state index in [1.54, 1.807) is 19.2 Å². The van der Waals surface area contributed by atoms with Crippen molar-refractivity contribution in [2.75, 3.05) is 7.11 Å². The Kier molecular flexibility index (Phi) is 7.18. The van der Waals surface area contributed by atoms with Crippen LogP contribution in [0.2, 0.25) is 0 Å². The van der Waals surface area contributed by atoms with E-state index in [9.17, 15) is 10.0 Å². The van der Waals surface area contributed by atoms with Crippen LogP contribution in [0.1, 0.15) is 63.3 Å². The first-order valence-electron chi connectivity index (χ1n) is 10.9. The Morgan fingerprint density at radius 2 is 1.69 bits per heavy atom. The molecule has 0 saturated carbocycles. The summed E-state index contributed by atoms with van der Waals surface area (Å²) in [4.78, 5) is 11.4. The van der Waals surface area contributed by atoms with Crippen LogP contribution >= 0.6 is 0 Å². The molecule has 32 heavy (non-hydrogen) atoms. The zero-order valence-corrected chi connectivity index (χ0v) is 19.7. The number of hydrogen-bond acceptors (Lipinski definition) is 5. The van der Waals surface area contributed by atoms with Crippen molar-refractivity contribution < 1.29 is 14.6 Å². The normalized spacial score (nSPS) is 13.0. The second kappa shape index (κ2) is 9.86. The predicted molar refractivity (Wildman–Crippen MR) is 130 cm³/mol. The van der Waals surface area contributed by atoms with Crippen molar-refractivity contribution in [3.05, 3.63) is 74.7 Å². The van der Waals surface area contributed by atoms with Crippen molar-refractivity contribution in [1.29, 1.82) is 0 Å². The molecule has 1 N–H and O–H groups in total. The van der Waals surface area contributed by atoms with E-state index in [1.165, 1.54) is 5.57 Å². The van der Waals surface area contributed by atoms with Gasteiger partial charge in [-0.05, 0) is 69.3 Å². The Labute approximate surface area is 190 Å². The van der Waals surface area contributed by atoms with Gasteiger partial charge < -0.3 is 14.6 Å². The minimum Gasteiger partial charge on any atom is -0.507 e. The summed E-state index contributed by atoms with van der Waals surface area (Å²) in [5.41, 5.74) is 6.75. The van der Waals surface area contributed by atoms with E-state index in [2.05, 4.69) is 30.3 Å². The summed E-state index contributed by atoms with van der Waals surface area (Å²) >= 11 is 0. The number of nitrogens with zero attached hydrogens (tertiary/aromatic N) is 1. The third-order valence-corrected chi connectivity index (χ3v) is 5.43. The maximum atomic E-state index is 11.4. The number of methoxy groups -OCH3 is 1. The van der Waals surface area contributed by atoms with Gasteiger partial charge in [0.1, 0.15) is 28.7 Å². The molecule has 168 valence electrons. The fourth-order valence-electron chi connectivity index (χ4n) is 3.91. The van der Waals surface area contributed by atoms with Gasteiger partial charge in [0.25, 0.3) is 0 Å². The number of phenolic OH excluding ortho intramolecular Hbond substituents is 1.